The van der Waals surface area contributed by atoms with Crippen LogP contribution < -0.4 is 5.76 Å². The molecule has 0 bridgehead atoms. The van der Waals surface area contributed by atoms with Crippen LogP contribution >= 0.6 is 0 Å². The summed E-state index contributed by atoms with van der Waals surface area (Å²) in [4.78, 5) is 29.8. The summed E-state index contributed by atoms with van der Waals surface area (Å²) in [6.45, 7) is 2.13. The van der Waals surface area contributed by atoms with Crippen LogP contribution in [0, 0.1) is 6.92 Å². The SMILES string of the molecule is Cc1ccc(C(=O)c2ccc3c(c2)oc(=O)n3Cc2noc(C3CCCCC3)n2)cc1. The van der Waals surface area contributed by atoms with Crippen molar-refractivity contribution in [3.8, 4) is 0 Å². The first kappa shape index (κ1) is 19.5. The van der Waals surface area contributed by atoms with E-state index in [-0.39, 0.29) is 12.3 Å². The zero-order valence-corrected chi connectivity index (χ0v) is 17.3. The van der Waals surface area contributed by atoms with Gasteiger partial charge in [0.05, 0.1) is 12.1 Å². The van der Waals surface area contributed by atoms with Gasteiger partial charge in [-0.15, -0.1) is 0 Å². The van der Waals surface area contributed by atoms with E-state index in [4.69, 9.17) is 8.94 Å². The molecule has 1 aliphatic carbocycles. The van der Waals surface area contributed by atoms with Gasteiger partial charge in [-0.1, -0.05) is 54.2 Å². The zero-order valence-electron chi connectivity index (χ0n) is 17.3. The number of carbonyl (C=O) groups is 1. The molecule has 0 atom stereocenters. The number of oxazole rings is 1. The van der Waals surface area contributed by atoms with Gasteiger partial charge in [0.2, 0.25) is 5.89 Å². The predicted molar refractivity (Wildman–Crippen MR) is 114 cm³/mol. The minimum Gasteiger partial charge on any atom is -0.408 e. The molecule has 2 heterocycles. The Morgan fingerprint density at radius 1 is 1.06 bits per heavy atom. The molecular weight excluding hydrogens is 394 g/mol. The van der Waals surface area contributed by atoms with Gasteiger partial charge in [-0.3, -0.25) is 9.36 Å². The third kappa shape index (κ3) is 3.83. The standard InChI is InChI=1S/C24H23N3O4/c1-15-7-9-16(10-8-15)22(28)18-11-12-19-20(13-18)30-24(29)27(19)14-21-25-23(31-26-21)17-5-3-2-4-6-17/h7-13,17H,2-6,14H2,1H3. The molecule has 4 aromatic rings. The van der Waals surface area contributed by atoms with Crippen molar-refractivity contribution >= 4 is 16.9 Å². The maximum Gasteiger partial charge on any atom is 0.420 e. The average molecular weight is 417 g/mol. The van der Waals surface area contributed by atoms with Crippen LogP contribution in [0.4, 0.5) is 0 Å². The highest BCUT2D eigenvalue weighted by Crippen LogP contribution is 2.31. The second-order valence-electron chi connectivity index (χ2n) is 8.22. The lowest BCUT2D eigenvalue weighted by molar-refractivity contribution is 0.103. The number of ketones is 1. The Kier molecular flexibility index (Phi) is 5.02. The molecule has 0 saturated heterocycles. The summed E-state index contributed by atoms with van der Waals surface area (Å²) in [7, 11) is 0. The fraction of sp³-hybridized carbons (Fsp3) is 0.333. The first-order chi connectivity index (χ1) is 15.1. The predicted octanol–water partition coefficient (Wildman–Crippen LogP) is 4.61. The molecule has 0 aliphatic heterocycles. The maximum atomic E-state index is 12.8. The average Bonchev–Trinajstić information content (AvgIpc) is 3.39. The van der Waals surface area contributed by atoms with Crippen molar-refractivity contribution in [1.82, 2.24) is 14.7 Å². The van der Waals surface area contributed by atoms with Crippen LogP contribution in [0.5, 0.6) is 0 Å². The summed E-state index contributed by atoms with van der Waals surface area (Å²) < 4.78 is 12.3. The highest BCUT2D eigenvalue weighted by Gasteiger charge is 2.22. The van der Waals surface area contributed by atoms with Crippen LogP contribution in [-0.2, 0) is 6.54 Å². The van der Waals surface area contributed by atoms with Crippen molar-refractivity contribution in [2.24, 2.45) is 0 Å². The number of nitrogens with zero attached hydrogens (tertiary/aromatic N) is 3. The van der Waals surface area contributed by atoms with E-state index in [1.54, 1.807) is 30.3 Å². The number of hydrogen-bond donors (Lipinski definition) is 0. The number of hydrogen-bond acceptors (Lipinski definition) is 6. The number of fused-ring (bicyclic) bond motifs is 1. The molecule has 0 unspecified atom stereocenters. The van der Waals surface area contributed by atoms with Gasteiger partial charge in [-0.25, -0.2) is 4.79 Å². The smallest absolute Gasteiger partial charge is 0.408 e. The highest BCUT2D eigenvalue weighted by atomic mass is 16.5. The van der Waals surface area contributed by atoms with Crippen LogP contribution in [0.2, 0.25) is 0 Å². The van der Waals surface area contributed by atoms with Crippen molar-refractivity contribution in [3.05, 3.63) is 81.4 Å². The van der Waals surface area contributed by atoms with Crippen LogP contribution in [-0.4, -0.2) is 20.5 Å². The lowest BCUT2D eigenvalue weighted by Gasteiger charge is -2.17. The van der Waals surface area contributed by atoms with E-state index < -0.39 is 5.76 Å². The Morgan fingerprint density at radius 2 is 1.81 bits per heavy atom. The van der Waals surface area contributed by atoms with Crippen LogP contribution in [0.1, 0.15) is 71.2 Å². The lowest BCUT2D eigenvalue weighted by Crippen LogP contribution is -2.15. The molecule has 7 heteroatoms. The van der Waals surface area contributed by atoms with E-state index >= 15 is 0 Å². The number of rotatable bonds is 5. The highest BCUT2D eigenvalue weighted by molar-refractivity contribution is 6.10. The monoisotopic (exact) mass is 417 g/mol. The summed E-state index contributed by atoms with van der Waals surface area (Å²) in [5.74, 6) is 0.779. The molecule has 2 aromatic carbocycles. The normalized spacial score (nSPS) is 14.9. The van der Waals surface area contributed by atoms with E-state index in [0.29, 0.717) is 39.9 Å². The lowest BCUT2D eigenvalue weighted by atomic mass is 9.89. The van der Waals surface area contributed by atoms with Crippen LogP contribution in [0.25, 0.3) is 11.1 Å². The number of aromatic nitrogens is 3. The van der Waals surface area contributed by atoms with Gasteiger partial charge in [0.1, 0.15) is 0 Å². The van der Waals surface area contributed by atoms with E-state index in [1.807, 2.05) is 19.1 Å². The van der Waals surface area contributed by atoms with Crippen molar-refractivity contribution in [1.29, 1.82) is 0 Å². The first-order valence-corrected chi connectivity index (χ1v) is 10.7. The van der Waals surface area contributed by atoms with Gasteiger partial charge in [0.15, 0.2) is 17.2 Å². The van der Waals surface area contributed by atoms with E-state index in [0.717, 1.165) is 18.4 Å². The zero-order chi connectivity index (χ0) is 21.4. The fourth-order valence-electron chi connectivity index (χ4n) is 4.22. The van der Waals surface area contributed by atoms with Crippen molar-refractivity contribution in [2.75, 3.05) is 0 Å². The van der Waals surface area contributed by atoms with Crippen molar-refractivity contribution in [2.45, 2.75) is 51.5 Å². The molecular formula is C24H23N3O4. The largest absolute Gasteiger partial charge is 0.420 e. The molecule has 0 spiro atoms. The molecule has 5 rings (SSSR count). The van der Waals surface area contributed by atoms with Gasteiger partial charge in [-0.2, -0.15) is 4.98 Å². The molecule has 158 valence electrons. The molecule has 2 aromatic heterocycles. The molecule has 31 heavy (non-hydrogen) atoms. The van der Waals surface area contributed by atoms with Crippen molar-refractivity contribution < 1.29 is 13.7 Å². The molecule has 1 aliphatic rings. The Balaban J connectivity index is 1.41. The second-order valence-corrected chi connectivity index (χ2v) is 8.22. The third-order valence-electron chi connectivity index (χ3n) is 5.98. The van der Waals surface area contributed by atoms with Crippen LogP contribution in [0.15, 0.2) is 56.2 Å². The quantitative estimate of drug-likeness (QED) is 0.440. The van der Waals surface area contributed by atoms with Gasteiger partial charge in [0, 0.05) is 17.0 Å². The van der Waals surface area contributed by atoms with Gasteiger partial charge >= 0.3 is 5.76 Å². The minimum atomic E-state index is -0.515. The Hall–Kier alpha value is -3.48. The van der Waals surface area contributed by atoms with Crippen molar-refractivity contribution in [3.63, 3.8) is 0 Å². The topological polar surface area (TPSA) is 91.1 Å². The number of aryl methyl sites for hydroxylation is 1. The molecule has 0 N–H and O–H groups in total. The molecule has 1 saturated carbocycles. The fourth-order valence-corrected chi connectivity index (χ4v) is 4.22. The molecule has 0 amide bonds. The van der Waals surface area contributed by atoms with Gasteiger partial charge < -0.3 is 8.94 Å². The molecule has 0 radical (unpaired) electrons. The van der Waals surface area contributed by atoms with E-state index in [1.165, 1.54) is 23.8 Å². The molecule has 7 nitrogen and oxygen atoms in total. The Labute approximate surface area is 178 Å². The molecule has 1 fully saturated rings. The third-order valence-corrected chi connectivity index (χ3v) is 5.98. The Morgan fingerprint density at radius 3 is 2.58 bits per heavy atom. The van der Waals surface area contributed by atoms with Gasteiger partial charge in [0.25, 0.3) is 0 Å². The van der Waals surface area contributed by atoms with E-state index in [2.05, 4.69) is 10.1 Å². The second kappa shape index (κ2) is 7.98. The van der Waals surface area contributed by atoms with Crippen LogP contribution in [0.3, 0.4) is 0 Å². The summed E-state index contributed by atoms with van der Waals surface area (Å²) in [6, 6.07) is 12.4. The summed E-state index contributed by atoms with van der Waals surface area (Å²) in [5.41, 5.74) is 3.10. The summed E-state index contributed by atoms with van der Waals surface area (Å²) >= 11 is 0. The number of benzene rings is 2. The number of carbonyl (C=O) groups excluding carboxylic acids is 1. The maximum absolute atomic E-state index is 12.8. The minimum absolute atomic E-state index is 0.118. The summed E-state index contributed by atoms with van der Waals surface area (Å²) in [6.07, 6.45) is 5.74. The Bertz CT molecular complexity index is 1290. The first-order valence-electron chi connectivity index (χ1n) is 10.7. The van der Waals surface area contributed by atoms with E-state index in [9.17, 15) is 9.59 Å². The van der Waals surface area contributed by atoms with Gasteiger partial charge in [-0.05, 0) is 38.0 Å². The summed E-state index contributed by atoms with van der Waals surface area (Å²) in [5, 5.41) is 4.07.